The molecule has 1 aliphatic heterocycles. The number of benzene rings is 1. The van der Waals surface area contributed by atoms with Crippen LogP contribution in [0.3, 0.4) is 0 Å². The summed E-state index contributed by atoms with van der Waals surface area (Å²) in [5, 5.41) is 6.91. The van der Waals surface area contributed by atoms with Gasteiger partial charge in [0.25, 0.3) is 0 Å². The number of carbonyl (C=O) groups excluding carboxylic acids is 1. The number of nitrogens with zero attached hydrogens (tertiary/aromatic N) is 1. The number of amides is 1. The maximum atomic E-state index is 12.4. The third kappa shape index (κ3) is 3.09. The van der Waals surface area contributed by atoms with E-state index in [0.29, 0.717) is 18.0 Å². The van der Waals surface area contributed by atoms with Crippen LogP contribution >= 0.6 is 11.6 Å². The van der Waals surface area contributed by atoms with Crippen LogP contribution in [0.2, 0.25) is 5.02 Å². The van der Waals surface area contributed by atoms with Crippen LogP contribution < -0.4 is 10.6 Å². The number of rotatable bonds is 3. The summed E-state index contributed by atoms with van der Waals surface area (Å²) in [5.41, 5.74) is 3.01. The van der Waals surface area contributed by atoms with Crippen LogP contribution in [0.5, 0.6) is 0 Å². The fourth-order valence-corrected chi connectivity index (χ4v) is 2.73. The van der Waals surface area contributed by atoms with E-state index in [0.717, 1.165) is 17.0 Å². The Labute approximate surface area is 128 Å². The molecule has 5 nitrogen and oxygen atoms in total. The highest BCUT2D eigenvalue weighted by molar-refractivity contribution is 6.30. The van der Waals surface area contributed by atoms with Gasteiger partial charge in [-0.15, -0.1) is 0 Å². The van der Waals surface area contributed by atoms with Crippen LogP contribution in [0.25, 0.3) is 0 Å². The maximum Gasteiger partial charge on any atom is 0.238 e. The minimum absolute atomic E-state index is 0.0175. The lowest BCUT2D eigenvalue weighted by Crippen LogP contribution is -2.48. The van der Waals surface area contributed by atoms with Crippen molar-refractivity contribution >= 4 is 17.5 Å². The number of H-pyrrole nitrogens is 1. The van der Waals surface area contributed by atoms with Crippen LogP contribution in [0.15, 0.2) is 30.6 Å². The van der Waals surface area contributed by atoms with Gasteiger partial charge >= 0.3 is 0 Å². The second-order valence-electron chi connectivity index (χ2n) is 5.25. The summed E-state index contributed by atoms with van der Waals surface area (Å²) in [6, 6.07) is 7.20. The molecular formula is C15H17ClN4O. The van der Waals surface area contributed by atoms with Crippen LogP contribution in [0, 0.1) is 0 Å². The first-order valence-corrected chi connectivity index (χ1v) is 7.31. The number of aromatic nitrogens is 2. The van der Waals surface area contributed by atoms with Crippen LogP contribution in [-0.2, 0) is 17.8 Å². The normalized spacial score (nSPS) is 18.9. The third-order valence-electron chi connectivity index (χ3n) is 3.75. The van der Waals surface area contributed by atoms with E-state index in [-0.39, 0.29) is 18.0 Å². The van der Waals surface area contributed by atoms with Crippen molar-refractivity contribution in [3.8, 4) is 0 Å². The van der Waals surface area contributed by atoms with Crippen molar-refractivity contribution in [1.82, 2.24) is 20.6 Å². The average molecular weight is 305 g/mol. The topological polar surface area (TPSA) is 69.8 Å². The van der Waals surface area contributed by atoms with Gasteiger partial charge in [0.1, 0.15) is 0 Å². The monoisotopic (exact) mass is 304 g/mol. The molecule has 1 aromatic carbocycles. The van der Waals surface area contributed by atoms with Gasteiger partial charge < -0.3 is 10.3 Å². The van der Waals surface area contributed by atoms with Gasteiger partial charge in [-0.05, 0) is 24.6 Å². The molecule has 0 bridgehead atoms. The molecule has 2 atom stereocenters. The second kappa shape index (κ2) is 5.87. The van der Waals surface area contributed by atoms with Gasteiger partial charge in [-0.1, -0.05) is 23.7 Å². The first-order valence-electron chi connectivity index (χ1n) is 6.94. The largest absolute Gasteiger partial charge is 0.348 e. The molecule has 1 aliphatic rings. The molecule has 2 heterocycles. The SMILES string of the molecule is C[C@H](NC(=O)C1Cc2nc[nH]c2CN1)c1cccc(Cl)c1. The van der Waals surface area contributed by atoms with Crippen LogP contribution in [-0.4, -0.2) is 21.9 Å². The van der Waals surface area contributed by atoms with E-state index in [1.165, 1.54) is 0 Å². The summed E-state index contributed by atoms with van der Waals surface area (Å²) in [7, 11) is 0. The predicted molar refractivity (Wildman–Crippen MR) is 80.9 cm³/mol. The van der Waals surface area contributed by atoms with Crippen molar-refractivity contribution in [3.63, 3.8) is 0 Å². The maximum absolute atomic E-state index is 12.4. The zero-order valence-electron chi connectivity index (χ0n) is 11.7. The quantitative estimate of drug-likeness (QED) is 0.812. The van der Waals surface area contributed by atoms with E-state index in [1.54, 1.807) is 6.33 Å². The van der Waals surface area contributed by atoms with E-state index >= 15 is 0 Å². The number of halogens is 1. The first-order chi connectivity index (χ1) is 10.1. The molecule has 0 radical (unpaired) electrons. The molecular weight excluding hydrogens is 288 g/mol. The molecule has 1 aromatic heterocycles. The summed E-state index contributed by atoms with van der Waals surface area (Å²) in [6.45, 7) is 2.59. The van der Waals surface area contributed by atoms with Gasteiger partial charge in [-0.2, -0.15) is 0 Å². The van der Waals surface area contributed by atoms with Gasteiger partial charge in [0.2, 0.25) is 5.91 Å². The standard InChI is InChI=1S/C15H17ClN4O/c1-9(10-3-2-4-11(16)5-10)20-15(21)13-6-12-14(7-17-13)19-8-18-12/h2-5,8-9,13,17H,6-7H2,1H3,(H,18,19)(H,20,21)/t9-,13?/m0/s1. The minimum Gasteiger partial charge on any atom is -0.348 e. The Morgan fingerprint density at radius 2 is 2.38 bits per heavy atom. The van der Waals surface area contributed by atoms with Crippen LogP contribution in [0.4, 0.5) is 0 Å². The summed E-state index contributed by atoms with van der Waals surface area (Å²) < 4.78 is 0. The molecule has 0 saturated carbocycles. The number of carbonyl (C=O) groups is 1. The molecule has 0 saturated heterocycles. The number of nitrogens with one attached hydrogen (secondary N) is 3. The van der Waals surface area contributed by atoms with Crippen LogP contribution in [0.1, 0.15) is 29.9 Å². The summed E-state index contributed by atoms with van der Waals surface area (Å²) in [4.78, 5) is 19.7. The Hall–Kier alpha value is -1.85. The smallest absolute Gasteiger partial charge is 0.238 e. The van der Waals surface area contributed by atoms with E-state index < -0.39 is 0 Å². The zero-order valence-corrected chi connectivity index (χ0v) is 12.4. The molecule has 0 spiro atoms. The lowest BCUT2D eigenvalue weighted by Gasteiger charge is -2.24. The van der Waals surface area contributed by atoms with E-state index in [9.17, 15) is 4.79 Å². The molecule has 0 aliphatic carbocycles. The van der Waals surface area contributed by atoms with Crippen molar-refractivity contribution in [1.29, 1.82) is 0 Å². The molecule has 3 N–H and O–H groups in total. The van der Waals surface area contributed by atoms with Crippen molar-refractivity contribution in [2.45, 2.75) is 32.0 Å². The number of hydrogen-bond donors (Lipinski definition) is 3. The van der Waals surface area contributed by atoms with Crippen molar-refractivity contribution in [2.75, 3.05) is 0 Å². The molecule has 21 heavy (non-hydrogen) atoms. The molecule has 0 fully saturated rings. The van der Waals surface area contributed by atoms with Gasteiger partial charge in [0.15, 0.2) is 0 Å². The van der Waals surface area contributed by atoms with Crippen molar-refractivity contribution in [2.24, 2.45) is 0 Å². The second-order valence-corrected chi connectivity index (χ2v) is 5.69. The Kier molecular flexibility index (Phi) is 3.94. The van der Waals surface area contributed by atoms with E-state index in [4.69, 9.17) is 11.6 Å². The number of aromatic amines is 1. The summed E-state index contributed by atoms with van der Waals surface area (Å²) in [6.07, 6.45) is 2.27. The number of imidazole rings is 1. The molecule has 6 heteroatoms. The minimum atomic E-state index is -0.248. The number of hydrogen-bond acceptors (Lipinski definition) is 3. The van der Waals surface area contributed by atoms with Gasteiger partial charge in [-0.3, -0.25) is 10.1 Å². The molecule has 1 unspecified atom stereocenters. The fourth-order valence-electron chi connectivity index (χ4n) is 2.53. The molecule has 1 amide bonds. The van der Waals surface area contributed by atoms with Crippen molar-refractivity contribution in [3.05, 3.63) is 52.6 Å². The molecule has 2 aromatic rings. The highest BCUT2D eigenvalue weighted by atomic mass is 35.5. The zero-order chi connectivity index (χ0) is 14.8. The van der Waals surface area contributed by atoms with Gasteiger partial charge in [0, 0.05) is 18.0 Å². The summed E-state index contributed by atoms with van der Waals surface area (Å²) >= 11 is 5.98. The lowest BCUT2D eigenvalue weighted by atomic mass is 10.0. The summed E-state index contributed by atoms with van der Waals surface area (Å²) in [5.74, 6) is -0.0175. The molecule has 110 valence electrons. The highest BCUT2D eigenvalue weighted by Gasteiger charge is 2.26. The van der Waals surface area contributed by atoms with Crippen molar-refractivity contribution < 1.29 is 4.79 Å². The van der Waals surface area contributed by atoms with E-state index in [2.05, 4.69) is 20.6 Å². The molecule has 3 rings (SSSR count). The number of fused-ring (bicyclic) bond motifs is 1. The lowest BCUT2D eigenvalue weighted by molar-refractivity contribution is -0.124. The van der Waals surface area contributed by atoms with Gasteiger partial charge in [0.05, 0.1) is 29.8 Å². The third-order valence-corrected chi connectivity index (χ3v) is 3.99. The highest BCUT2D eigenvalue weighted by Crippen LogP contribution is 2.18. The van der Waals surface area contributed by atoms with Gasteiger partial charge in [-0.25, -0.2) is 4.98 Å². The Bertz CT molecular complexity index is 655. The average Bonchev–Trinajstić information content (AvgIpc) is 2.94. The Morgan fingerprint density at radius 1 is 1.52 bits per heavy atom. The van der Waals surface area contributed by atoms with E-state index in [1.807, 2.05) is 31.2 Å². The predicted octanol–water partition coefficient (Wildman–Crippen LogP) is 1.95. The fraction of sp³-hybridized carbons (Fsp3) is 0.333. The first kappa shape index (κ1) is 14.1. The Morgan fingerprint density at radius 3 is 3.19 bits per heavy atom. The Balaban J connectivity index is 1.64.